The Morgan fingerprint density at radius 3 is 2.21 bits per heavy atom. The number of likely N-dealkylation sites (tertiary alicyclic amines) is 1. The van der Waals surface area contributed by atoms with Gasteiger partial charge >= 0.3 is 0 Å². The van der Waals surface area contributed by atoms with Crippen molar-refractivity contribution in [1.29, 1.82) is 0 Å². The Hall–Kier alpha value is -1.02. The summed E-state index contributed by atoms with van der Waals surface area (Å²) in [5.74, 6) is 0.942. The van der Waals surface area contributed by atoms with Crippen LogP contribution in [0, 0.1) is 12.0 Å². The van der Waals surface area contributed by atoms with Crippen LogP contribution in [-0.4, -0.2) is 37.1 Å². The van der Waals surface area contributed by atoms with Crippen LogP contribution >= 0.6 is 0 Å². The van der Waals surface area contributed by atoms with Gasteiger partial charge in [-0.15, -0.1) is 0 Å². The second kappa shape index (κ2) is 5.96. The average Bonchev–Trinajstić information content (AvgIpc) is 2.49. The zero-order valence-electron chi connectivity index (χ0n) is 12.0. The second-order valence-electron chi connectivity index (χ2n) is 6.19. The van der Waals surface area contributed by atoms with E-state index in [0.717, 1.165) is 12.0 Å². The normalized spacial score (nSPS) is 23.7. The molecule has 0 N–H and O–H groups in total. The Bertz CT molecular complexity index is 374. The van der Waals surface area contributed by atoms with Crippen LogP contribution in [0.4, 0.5) is 5.69 Å². The maximum atomic E-state index is 3.10. The minimum Gasteiger partial charge on any atom is -0.371 e. The number of anilines is 1. The zero-order chi connectivity index (χ0) is 13.1. The van der Waals surface area contributed by atoms with Crippen molar-refractivity contribution in [3.8, 4) is 0 Å². The van der Waals surface area contributed by atoms with E-state index in [1.807, 2.05) is 12.1 Å². The van der Waals surface area contributed by atoms with Gasteiger partial charge in [0.15, 0.2) is 0 Å². The first kappa shape index (κ1) is 13.0. The summed E-state index contributed by atoms with van der Waals surface area (Å²) in [4.78, 5) is 5.27. The third-order valence-corrected chi connectivity index (χ3v) is 4.86. The van der Waals surface area contributed by atoms with Gasteiger partial charge in [0.1, 0.15) is 0 Å². The molecule has 1 radical (unpaired) electrons. The van der Waals surface area contributed by atoms with Crippen LogP contribution in [0.3, 0.4) is 0 Å². The Morgan fingerprint density at radius 1 is 0.947 bits per heavy atom. The van der Waals surface area contributed by atoms with Crippen molar-refractivity contribution in [2.75, 3.05) is 31.1 Å². The van der Waals surface area contributed by atoms with Crippen LogP contribution < -0.4 is 4.90 Å². The largest absolute Gasteiger partial charge is 0.371 e. The molecule has 2 aliphatic rings. The fourth-order valence-corrected chi connectivity index (χ4v) is 3.47. The highest BCUT2D eigenvalue weighted by atomic mass is 15.2. The monoisotopic (exact) mass is 257 g/mol. The number of piperidine rings is 2. The van der Waals surface area contributed by atoms with Gasteiger partial charge < -0.3 is 9.80 Å². The van der Waals surface area contributed by atoms with E-state index in [0.29, 0.717) is 0 Å². The van der Waals surface area contributed by atoms with E-state index in [2.05, 4.69) is 34.9 Å². The van der Waals surface area contributed by atoms with Gasteiger partial charge in [0.05, 0.1) is 0 Å². The SMILES string of the molecule is CC1CCN(C2CCN(c3cc[c]cc3)CC2)CC1. The summed E-state index contributed by atoms with van der Waals surface area (Å²) in [5.41, 5.74) is 1.37. The fourth-order valence-electron chi connectivity index (χ4n) is 3.47. The van der Waals surface area contributed by atoms with E-state index in [-0.39, 0.29) is 0 Å². The van der Waals surface area contributed by atoms with Crippen LogP contribution in [0.2, 0.25) is 0 Å². The van der Waals surface area contributed by atoms with Gasteiger partial charge in [0.25, 0.3) is 0 Å². The molecule has 0 unspecified atom stereocenters. The maximum absolute atomic E-state index is 3.10. The Balaban J connectivity index is 1.52. The third kappa shape index (κ3) is 3.11. The summed E-state index contributed by atoms with van der Waals surface area (Å²) < 4.78 is 0. The molecule has 2 fully saturated rings. The standard InChI is InChI=1S/C17H25N2/c1-15-7-11-18(12-8-15)17-9-13-19(14-10-17)16-5-3-2-4-6-16/h3-6,15,17H,7-14H2,1H3. The van der Waals surface area contributed by atoms with Crippen molar-refractivity contribution < 1.29 is 0 Å². The molecule has 0 aliphatic carbocycles. The first-order valence-corrected chi connectivity index (χ1v) is 7.78. The van der Waals surface area contributed by atoms with Gasteiger partial charge in [-0.3, -0.25) is 0 Å². The Morgan fingerprint density at radius 2 is 1.58 bits per heavy atom. The molecular formula is C17H25N2. The molecule has 3 rings (SSSR count). The molecule has 0 saturated carbocycles. The molecule has 1 aromatic carbocycles. The molecule has 0 bridgehead atoms. The van der Waals surface area contributed by atoms with Crippen LogP contribution in [0.25, 0.3) is 0 Å². The Kier molecular flexibility index (Phi) is 4.07. The molecule has 2 nitrogen and oxygen atoms in total. The van der Waals surface area contributed by atoms with E-state index >= 15 is 0 Å². The zero-order valence-corrected chi connectivity index (χ0v) is 12.0. The van der Waals surface area contributed by atoms with Crippen molar-refractivity contribution in [2.45, 2.75) is 38.6 Å². The highest BCUT2D eigenvalue weighted by Gasteiger charge is 2.26. The minimum absolute atomic E-state index is 0.832. The first-order valence-electron chi connectivity index (χ1n) is 7.78. The van der Waals surface area contributed by atoms with Crippen molar-refractivity contribution in [2.24, 2.45) is 5.92 Å². The molecule has 0 amide bonds. The van der Waals surface area contributed by atoms with Gasteiger partial charge in [0, 0.05) is 24.8 Å². The van der Waals surface area contributed by atoms with Crippen LogP contribution in [-0.2, 0) is 0 Å². The predicted molar refractivity (Wildman–Crippen MR) is 80.5 cm³/mol. The molecule has 2 heterocycles. The summed E-state index contributed by atoms with van der Waals surface area (Å²) in [6.07, 6.45) is 5.45. The molecule has 0 spiro atoms. The minimum atomic E-state index is 0.832. The number of benzene rings is 1. The lowest BCUT2D eigenvalue weighted by Crippen LogP contribution is -2.47. The lowest BCUT2D eigenvalue weighted by molar-refractivity contribution is 0.120. The van der Waals surface area contributed by atoms with Crippen molar-refractivity contribution in [3.05, 3.63) is 30.3 Å². The fraction of sp³-hybridized carbons (Fsp3) is 0.647. The molecule has 2 aliphatic heterocycles. The van der Waals surface area contributed by atoms with E-state index in [1.54, 1.807) is 0 Å². The third-order valence-electron chi connectivity index (χ3n) is 4.86. The van der Waals surface area contributed by atoms with Gasteiger partial charge in [-0.1, -0.05) is 19.1 Å². The predicted octanol–water partition coefficient (Wildman–Crippen LogP) is 3.19. The summed E-state index contributed by atoms with van der Waals surface area (Å²) in [6.45, 7) is 7.46. The summed E-state index contributed by atoms with van der Waals surface area (Å²) in [5, 5.41) is 0. The van der Waals surface area contributed by atoms with Crippen molar-refractivity contribution in [1.82, 2.24) is 4.90 Å². The Labute approximate surface area is 117 Å². The van der Waals surface area contributed by atoms with E-state index in [4.69, 9.17) is 0 Å². The lowest BCUT2D eigenvalue weighted by Gasteiger charge is -2.42. The molecule has 2 saturated heterocycles. The molecule has 1 aromatic rings. The van der Waals surface area contributed by atoms with Crippen LogP contribution in [0.5, 0.6) is 0 Å². The number of hydrogen-bond acceptors (Lipinski definition) is 2. The molecule has 0 aromatic heterocycles. The smallest absolute Gasteiger partial charge is 0.0366 e. The molecule has 103 valence electrons. The molecule has 19 heavy (non-hydrogen) atoms. The summed E-state index contributed by atoms with van der Waals surface area (Å²) in [7, 11) is 0. The second-order valence-corrected chi connectivity index (χ2v) is 6.19. The van der Waals surface area contributed by atoms with Gasteiger partial charge in [-0.2, -0.15) is 0 Å². The van der Waals surface area contributed by atoms with Gasteiger partial charge in [0.2, 0.25) is 0 Å². The number of rotatable bonds is 2. The summed E-state index contributed by atoms with van der Waals surface area (Å²) >= 11 is 0. The number of hydrogen-bond donors (Lipinski definition) is 0. The highest BCUT2D eigenvalue weighted by molar-refractivity contribution is 5.46. The van der Waals surface area contributed by atoms with Crippen LogP contribution in [0.1, 0.15) is 32.6 Å². The molecular weight excluding hydrogens is 232 g/mol. The van der Waals surface area contributed by atoms with Gasteiger partial charge in [-0.25, -0.2) is 0 Å². The molecule has 0 atom stereocenters. The first-order chi connectivity index (χ1) is 9.33. The quantitative estimate of drug-likeness (QED) is 0.803. The molecule has 2 heteroatoms. The highest BCUT2D eigenvalue weighted by Crippen LogP contribution is 2.25. The van der Waals surface area contributed by atoms with E-state index in [9.17, 15) is 0 Å². The topological polar surface area (TPSA) is 6.48 Å². The van der Waals surface area contributed by atoms with Crippen molar-refractivity contribution >= 4 is 5.69 Å². The average molecular weight is 257 g/mol. The van der Waals surface area contributed by atoms with E-state index < -0.39 is 0 Å². The maximum Gasteiger partial charge on any atom is 0.0366 e. The van der Waals surface area contributed by atoms with Crippen molar-refractivity contribution in [3.63, 3.8) is 0 Å². The van der Waals surface area contributed by atoms with E-state index in [1.165, 1.54) is 57.5 Å². The van der Waals surface area contributed by atoms with Gasteiger partial charge in [-0.05, 0) is 62.9 Å². The number of nitrogens with zero attached hydrogens (tertiary/aromatic N) is 2. The lowest BCUT2D eigenvalue weighted by atomic mass is 9.95. The summed E-state index contributed by atoms with van der Waals surface area (Å²) in [6, 6.07) is 12.3. The van der Waals surface area contributed by atoms with Crippen LogP contribution in [0.15, 0.2) is 24.3 Å².